The van der Waals surface area contributed by atoms with Gasteiger partial charge in [0.05, 0.1) is 17.6 Å². The highest BCUT2D eigenvalue weighted by Crippen LogP contribution is 2.57. The standard InChI is InChI=1S/C24H31FN6O/c1-15(2)5-9-27-21-16(12-28-23(29-21)30-10-6-18(26)14-30)13-31-20-11-17(25)3-4-19(20)24(7-8-24)22(31)32/h3-4,11-12,15,18H,5-10,13-14,26H2,1-2H3,(H,27,28,29). The third-order valence-electron chi connectivity index (χ3n) is 6.87. The molecule has 5 rings (SSSR count). The molecule has 8 heteroatoms. The zero-order valence-corrected chi connectivity index (χ0v) is 18.8. The second-order valence-corrected chi connectivity index (χ2v) is 9.78. The van der Waals surface area contributed by atoms with Gasteiger partial charge in [0.15, 0.2) is 0 Å². The number of carbonyl (C=O) groups is 1. The summed E-state index contributed by atoms with van der Waals surface area (Å²) in [6, 6.07) is 4.84. The molecule has 1 amide bonds. The molecule has 2 aliphatic heterocycles. The van der Waals surface area contributed by atoms with Crippen molar-refractivity contribution in [1.82, 2.24) is 9.97 Å². The monoisotopic (exact) mass is 438 g/mol. The van der Waals surface area contributed by atoms with Crippen LogP contribution in [0.4, 0.5) is 21.8 Å². The quantitative estimate of drug-likeness (QED) is 0.690. The van der Waals surface area contributed by atoms with Crippen LogP contribution in [0.2, 0.25) is 0 Å². The van der Waals surface area contributed by atoms with Gasteiger partial charge in [-0.1, -0.05) is 19.9 Å². The Balaban J connectivity index is 1.45. The van der Waals surface area contributed by atoms with Crippen LogP contribution in [0, 0.1) is 11.7 Å². The topological polar surface area (TPSA) is 87.4 Å². The van der Waals surface area contributed by atoms with Crippen LogP contribution in [-0.4, -0.2) is 41.6 Å². The average Bonchev–Trinajstić information content (AvgIpc) is 3.40. The molecule has 32 heavy (non-hydrogen) atoms. The predicted molar refractivity (Wildman–Crippen MR) is 123 cm³/mol. The van der Waals surface area contributed by atoms with Crippen LogP contribution in [0.25, 0.3) is 0 Å². The van der Waals surface area contributed by atoms with E-state index in [9.17, 15) is 9.18 Å². The van der Waals surface area contributed by atoms with E-state index >= 15 is 0 Å². The van der Waals surface area contributed by atoms with Gasteiger partial charge >= 0.3 is 0 Å². The molecule has 3 aliphatic rings. The van der Waals surface area contributed by atoms with Crippen molar-refractivity contribution in [3.8, 4) is 0 Å². The van der Waals surface area contributed by atoms with Crippen molar-refractivity contribution in [1.29, 1.82) is 0 Å². The molecule has 2 aromatic rings. The number of nitrogens with zero attached hydrogens (tertiary/aromatic N) is 4. The molecule has 1 aromatic heterocycles. The number of anilines is 3. The van der Waals surface area contributed by atoms with E-state index < -0.39 is 5.41 Å². The highest BCUT2D eigenvalue weighted by atomic mass is 19.1. The number of aromatic nitrogens is 2. The van der Waals surface area contributed by atoms with E-state index in [0.717, 1.165) is 62.3 Å². The SMILES string of the molecule is CC(C)CCNc1nc(N2CCC(N)C2)ncc1CN1C(=O)C2(CC2)c2ccc(F)cc21. The maximum absolute atomic E-state index is 14.1. The molecular weight excluding hydrogens is 407 g/mol. The summed E-state index contributed by atoms with van der Waals surface area (Å²) in [6.07, 6.45) is 5.38. The normalized spacial score (nSPS) is 21.0. The molecule has 1 spiro atoms. The predicted octanol–water partition coefficient (Wildman–Crippen LogP) is 3.19. The lowest BCUT2D eigenvalue weighted by Gasteiger charge is -2.22. The zero-order valence-electron chi connectivity index (χ0n) is 18.8. The van der Waals surface area contributed by atoms with Gasteiger partial charge in [0.1, 0.15) is 11.6 Å². The Kier molecular flexibility index (Phi) is 5.28. The minimum Gasteiger partial charge on any atom is -0.370 e. The van der Waals surface area contributed by atoms with E-state index in [1.54, 1.807) is 17.2 Å². The molecule has 1 saturated heterocycles. The second-order valence-electron chi connectivity index (χ2n) is 9.78. The summed E-state index contributed by atoms with van der Waals surface area (Å²) in [5.74, 6) is 1.69. The van der Waals surface area contributed by atoms with Crippen LogP contribution in [0.1, 0.15) is 50.7 Å². The average molecular weight is 439 g/mol. The van der Waals surface area contributed by atoms with Gasteiger partial charge in [-0.05, 0) is 49.3 Å². The number of nitrogens with one attached hydrogen (secondary N) is 1. The van der Waals surface area contributed by atoms with Crippen LogP contribution in [0.15, 0.2) is 24.4 Å². The molecule has 1 unspecified atom stereocenters. The number of hydrogen-bond acceptors (Lipinski definition) is 6. The van der Waals surface area contributed by atoms with E-state index in [1.807, 2.05) is 0 Å². The first-order valence-electron chi connectivity index (χ1n) is 11.6. The Morgan fingerprint density at radius 2 is 2.16 bits per heavy atom. The number of halogens is 1. The van der Waals surface area contributed by atoms with E-state index in [4.69, 9.17) is 10.7 Å². The zero-order chi connectivity index (χ0) is 22.5. The summed E-state index contributed by atoms with van der Waals surface area (Å²) in [5.41, 5.74) is 8.07. The summed E-state index contributed by atoms with van der Waals surface area (Å²) >= 11 is 0. The summed E-state index contributed by atoms with van der Waals surface area (Å²) in [6.45, 7) is 7.05. The fourth-order valence-electron chi connectivity index (χ4n) is 4.82. The van der Waals surface area contributed by atoms with Crippen LogP contribution >= 0.6 is 0 Å². The van der Waals surface area contributed by atoms with Crippen molar-refractivity contribution in [2.45, 2.75) is 57.5 Å². The molecular formula is C24H31FN6O. The van der Waals surface area contributed by atoms with Gasteiger partial charge in [-0.2, -0.15) is 4.98 Å². The highest BCUT2D eigenvalue weighted by molar-refractivity contribution is 6.10. The Hall–Kier alpha value is -2.74. The van der Waals surface area contributed by atoms with Crippen molar-refractivity contribution in [3.05, 3.63) is 41.3 Å². The van der Waals surface area contributed by atoms with Crippen LogP contribution in [0.5, 0.6) is 0 Å². The largest absolute Gasteiger partial charge is 0.370 e. The first kappa shape index (κ1) is 21.1. The number of carbonyl (C=O) groups excluding carboxylic acids is 1. The van der Waals surface area contributed by atoms with Crippen LogP contribution < -0.4 is 20.9 Å². The lowest BCUT2D eigenvalue weighted by atomic mass is 9.98. The van der Waals surface area contributed by atoms with E-state index in [-0.39, 0.29) is 17.8 Å². The van der Waals surface area contributed by atoms with Gasteiger partial charge in [-0.25, -0.2) is 9.37 Å². The maximum atomic E-state index is 14.1. The van der Waals surface area contributed by atoms with Gasteiger partial charge < -0.3 is 20.9 Å². The Bertz CT molecular complexity index is 1040. The summed E-state index contributed by atoms with van der Waals surface area (Å²) in [7, 11) is 0. The molecule has 1 atom stereocenters. The Morgan fingerprint density at radius 3 is 2.84 bits per heavy atom. The van der Waals surface area contributed by atoms with Crippen molar-refractivity contribution >= 4 is 23.4 Å². The summed E-state index contributed by atoms with van der Waals surface area (Å²) < 4.78 is 14.1. The molecule has 7 nitrogen and oxygen atoms in total. The maximum Gasteiger partial charge on any atom is 0.238 e. The van der Waals surface area contributed by atoms with Crippen LogP contribution in [-0.2, 0) is 16.8 Å². The van der Waals surface area contributed by atoms with E-state index in [1.165, 1.54) is 12.1 Å². The molecule has 3 N–H and O–H groups in total. The number of hydrogen-bond donors (Lipinski definition) is 2. The lowest BCUT2D eigenvalue weighted by Crippen LogP contribution is -2.32. The molecule has 170 valence electrons. The number of amides is 1. The van der Waals surface area contributed by atoms with Gasteiger partial charge in [0.2, 0.25) is 11.9 Å². The fourth-order valence-corrected chi connectivity index (χ4v) is 4.82. The van der Waals surface area contributed by atoms with Crippen molar-refractivity contribution in [2.75, 3.05) is 34.8 Å². The molecule has 3 heterocycles. The third-order valence-corrected chi connectivity index (χ3v) is 6.87. The molecule has 1 saturated carbocycles. The Morgan fingerprint density at radius 1 is 1.34 bits per heavy atom. The van der Waals surface area contributed by atoms with Gasteiger partial charge in [-0.3, -0.25) is 4.79 Å². The molecule has 2 fully saturated rings. The summed E-state index contributed by atoms with van der Waals surface area (Å²) in [4.78, 5) is 26.5. The van der Waals surface area contributed by atoms with E-state index in [0.29, 0.717) is 24.1 Å². The first-order chi connectivity index (χ1) is 15.4. The minimum absolute atomic E-state index is 0.0563. The van der Waals surface area contributed by atoms with Crippen molar-refractivity contribution in [3.63, 3.8) is 0 Å². The van der Waals surface area contributed by atoms with Gasteiger partial charge in [0, 0.05) is 37.4 Å². The van der Waals surface area contributed by atoms with Crippen molar-refractivity contribution in [2.24, 2.45) is 11.7 Å². The Labute approximate surface area is 188 Å². The number of fused-ring (bicyclic) bond motifs is 2. The highest BCUT2D eigenvalue weighted by Gasteiger charge is 2.59. The van der Waals surface area contributed by atoms with Gasteiger partial charge in [0.25, 0.3) is 0 Å². The smallest absolute Gasteiger partial charge is 0.238 e. The first-order valence-corrected chi connectivity index (χ1v) is 11.6. The number of nitrogens with two attached hydrogens (primary N) is 1. The van der Waals surface area contributed by atoms with E-state index in [2.05, 4.69) is 29.0 Å². The lowest BCUT2D eigenvalue weighted by molar-refractivity contribution is -0.120. The number of rotatable bonds is 7. The summed E-state index contributed by atoms with van der Waals surface area (Å²) in [5, 5.41) is 3.46. The fraction of sp³-hybridized carbons (Fsp3) is 0.542. The van der Waals surface area contributed by atoms with Crippen molar-refractivity contribution < 1.29 is 9.18 Å². The molecule has 0 radical (unpaired) electrons. The van der Waals surface area contributed by atoms with Crippen LogP contribution in [0.3, 0.4) is 0 Å². The molecule has 1 aromatic carbocycles. The number of benzene rings is 1. The van der Waals surface area contributed by atoms with Gasteiger partial charge in [-0.15, -0.1) is 0 Å². The molecule has 0 bridgehead atoms. The second kappa shape index (κ2) is 7.99. The third kappa shape index (κ3) is 3.70. The minimum atomic E-state index is -0.458. The molecule has 1 aliphatic carbocycles.